The zero-order valence-electron chi connectivity index (χ0n) is 28.3. The Labute approximate surface area is 288 Å². The SMILES string of the molecule is COc1cccc(C[C@H](NC(=O)O[C@@H]2C3CCC4C(OC3)OCC42)[C@H](O)CN(CC(C)C)S(=O)(=O)C2=CC3OC(NC4CC4)=NC3C=C2)c1. The monoisotopic (exact) mass is 700 g/mol. The quantitative estimate of drug-likeness (QED) is 0.280. The number of carbonyl (C=O) groups excluding carboxylic acids is 1. The van der Waals surface area contributed by atoms with Crippen LogP contribution < -0.4 is 15.4 Å². The number of aliphatic imine (C=N–C) groups is 1. The zero-order chi connectivity index (χ0) is 34.3. The fraction of sp³-hybridized carbons (Fsp3) is 0.657. The minimum atomic E-state index is -4.06. The first-order valence-corrected chi connectivity index (χ1v) is 18.9. The van der Waals surface area contributed by atoms with E-state index in [1.54, 1.807) is 25.3 Å². The second-order valence-electron chi connectivity index (χ2n) is 14.5. The van der Waals surface area contributed by atoms with Crippen LogP contribution in [-0.2, 0) is 35.4 Å². The number of fused-ring (bicyclic) bond motifs is 3. The van der Waals surface area contributed by atoms with E-state index >= 15 is 0 Å². The van der Waals surface area contributed by atoms with Crippen LogP contribution in [0.1, 0.15) is 45.1 Å². The average Bonchev–Trinajstić information content (AvgIpc) is 3.73. The fourth-order valence-corrected chi connectivity index (χ4v) is 9.30. The first kappa shape index (κ1) is 34.3. The highest BCUT2D eigenvalue weighted by molar-refractivity contribution is 7.93. The number of nitrogens with zero attached hydrogens (tertiary/aromatic N) is 2. The van der Waals surface area contributed by atoms with Gasteiger partial charge in [-0.1, -0.05) is 32.1 Å². The van der Waals surface area contributed by atoms with Crippen LogP contribution >= 0.6 is 0 Å². The topological polar surface area (TPSA) is 157 Å². The number of methoxy groups -OCH3 is 1. The van der Waals surface area contributed by atoms with Gasteiger partial charge in [0.25, 0.3) is 6.02 Å². The molecule has 0 spiro atoms. The lowest BCUT2D eigenvalue weighted by atomic mass is 9.74. The summed E-state index contributed by atoms with van der Waals surface area (Å²) in [6.07, 6.45) is 6.01. The van der Waals surface area contributed by atoms with E-state index in [9.17, 15) is 18.3 Å². The number of benzene rings is 1. The van der Waals surface area contributed by atoms with E-state index in [1.165, 1.54) is 4.31 Å². The van der Waals surface area contributed by atoms with Crippen molar-refractivity contribution in [2.75, 3.05) is 33.4 Å². The summed E-state index contributed by atoms with van der Waals surface area (Å²) in [7, 11) is -2.49. The maximum atomic E-state index is 14.2. The van der Waals surface area contributed by atoms with E-state index < -0.39 is 34.4 Å². The molecule has 5 fully saturated rings. The van der Waals surface area contributed by atoms with Crippen LogP contribution in [0.15, 0.2) is 52.4 Å². The summed E-state index contributed by atoms with van der Waals surface area (Å²) >= 11 is 0. The van der Waals surface area contributed by atoms with E-state index in [1.807, 2.05) is 38.1 Å². The van der Waals surface area contributed by atoms with Crippen LogP contribution in [0.2, 0.25) is 0 Å². The molecule has 2 saturated carbocycles. The smallest absolute Gasteiger partial charge is 0.407 e. The normalized spacial score (nSPS) is 31.3. The lowest BCUT2D eigenvalue weighted by Gasteiger charge is -2.36. The molecule has 3 saturated heterocycles. The number of ether oxygens (including phenoxy) is 5. The van der Waals surface area contributed by atoms with Gasteiger partial charge in [0.05, 0.1) is 37.4 Å². The number of hydrogen-bond donors (Lipinski definition) is 3. The predicted octanol–water partition coefficient (Wildman–Crippen LogP) is 2.71. The van der Waals surface area contributed by atoms with Gasteiger partial charge >= 0.3 is 6.09 Å². The summed E-state index contributed by atoms with van der Waals surface area (Å²) in [5.74, 6) is 0.899. The maximum Gasteiger partial charge on any atom is 0.407 e. The minimum Gasteiger partial charge on any atom is -0.497 e. The van der Waals surface area contributed by atoms with Gasteiger partial charge in [-0.2, -0.15) is 4.31 Å². The molecule has 6 unspecified atom stereocenters. The fourth-order valence-electron chi connectivity index (χ4n) is 7.60. The summed E-state index contributed by atoms with van der Waals surface area (Å²) in [4.78, 5) is 18.2. The van der Waals surface area contributed by atoms with Gasteiger partial charge in [0.2, 0.25) is 10.0 Å². The number of aliphatic hydroxyl groups excluding tert-OH is 1. The van der Waals surface area contributed by atoms with Crippen molar-refractivity contribution >= 4 is 22.1 Å². The zero-order valence-corrected chi connectivity index (χ0v) is 29.1. The second-order valence-corrected chi connectivity index (χ2v) is 16.5. The Morgan fingerprint density at radius 2 is 1.94 bits per heavy atom. The molecule has 4 heterocycles. The van der Waals surface area contributed by atoms with Crippen molar-refractivity contribution in [3.05, 3.63) is 53.0 Å². The number of amidine groups is 1. The van der Waals surface area contributed by atoms with Crippen LogP contribution in [0.25, 0.3) is 0 Å². The first-order valence-electron chi connectivity index (χ1n) is 17.5. The molecule has 9 atom stereocenters. The van der Waals surface area contributed by atoms with Crippen LogP contribution in [0, 0.1) is 23.7 Å². The molecule has 1 aromatic rings. The third-order valence-corrected chi connectivity index (χ3v) is 12.2. The van der Waals surface area contributed by atoms with Crippen molar-refractivity contribution in [1.29, 1.82) is 0 Å². The third kappa shape index (κ3) is 7.63. The summed E-state index contributed by atoms with van der Waals surface area (Å²) in [5.41, 5.74) is 0.800. The average molecular weight is 701 g/mol. The Bertz CT molecular complexity index is 1580. The predicted molar refractivity (Wildman–Crippen MR) is 180 cm³/mol. The molecule has 4 bridgehead atoms. The van der Waals surface area contributed by atoms with Crippen LogP contribution in [0.4, 0.5) is 4.79 Å². The van der Waals surface area contributed by atoms with E-state index in [0.717, 1.165) is 31.2 Å². The number of aliphatic hydroxyl groups is 1. The van der Waals surface area contributed by atoms with Crippen LogP contribution in [-0.4, -0.2) is 106 Å². The number of rotatable bonds is 13. The molecule has 49 heavy (non-hydrogen) atoms. The Morgan fingerprint density at radius 3 is 2.71 bits per heavy atom. The van der Waals surface area contributed by atoms with Crippen LogP contribution in [0.3, 0.4) is 0 Å². The molecule has 1 amide bonds. The van der Waals surface area contributed by atoms with Gasteiger partial charge in [-0.3, -0.25) is 0 Å². The van der Waals surface area contributed by atoms with Crippen molar-refractivity contribution in [3.63, 3.8) is 0 Å². The van der Waals surface area contributed by atoms with Crippen LogP contribution in [0.5, 0.6) is 5.75 Å². The molecule has 0 aromatic heterocycles. The van der Waals surface area contributed by atoms with Crippen molar-refractivity contribution in [3.8, 4) is 5.75 Å². The first-order chi connectivity index (χ1) is 23.6. The summed E-state index contributed by atoms with van der Waals surface area (Å²) in [6.45, 7) is 4.70. The van der Waals surface area contributed by atoms with Gasteiger partial charge in [0, 0.05) is 36.9 Å². The largest absolute Gasteiger partial charge is 0.497 e. The van der Waals surface area contributed by atoms with E-state index in [4.69, 9.17) is 23.7 Å². The number of nitrogens with one attached hydrogen (secondary N) is 2. The molecule has 3 N–H and O–H groups in total. The highest BCUT2D eigenvalue weighted by atomic mass is 32.2. The van der Waals surface area contributed by atoms with E-state index in [-0.39, 0.29) is 66.5 Å². The minimum absolute atomic E-state index is 0.0385. The lowest BCUT2D eigenvalue weighted by Crippen LogP contribution is -2.52. The second kappa shape index (κ2) is 14.2. The van der Waals surface area contributed by atoms with Gasteiger partial charge in [0.15, 0.2) is 6.29 Å². The van der Waals surface area contributed by atoms with E-state index in [2.05, 4.69) is 15.6 Å². The van der Waals surface area contributed by atoms with Crippen molar-refractivity contribution in [2.45, 2.75) is 88.7 Å². The molecule has 1 aromatic carbocycles. The Morgan fingerprint density at radius 1 is 1.12 bits per heavy atom. The molecule has 4 aliphatic heterocycles. The number of carbonyl (C=O) groups is 1. The number of hydrogen-bond acceptors (Lipinski definition) is 11. The van der Waals surface area contributed by atoms with Crippen molar-refractivity contribution in [2.24, 2.45) is 28.7 Å². The lowest BCUT2D eigenvalue weighted by molar-refractivity contribution is -0.135. The highest BCUT2D eigenvalue weighted by Crippen LogP contribution is 2.46. The van der Waals surface area contributed by atoms with Gasteiger partial charge in [-0.25, -0.2) is 18.2 Å². The molecular weight excluding hydrogens is 652 g/mol. The molecule has 8 rings (SSSR count). The summed E-state index contributed by atoms with van der Waals surface area (Å²) in [5, 5.41) is 17.9. The number of allylic oxidation sites excluding steroid dienone is 1. The van der Waals surface area contributed by atoms with Gasteiger partial charge in [-0.15, -0.1) is 0 Å². The standard InChI is InChI=1S/C35H48N4O9S/c1-20(2)16-39(49(42,43)25-10-12-28-31(15-25)47-34(37-28)36-23-8-9-23)17-30(40)29(14-21-5-4-6-24(13-21)44-3)38-35(41)48-32-22-7-11-26-27(32)19-46-33(26)45-18-22/h4-6,10,12-13,15,20,22-23,26-33,40H,7-9,11,14,16-19H2,1-3H3,(H,36,37)(H,38,41)/t22?,26?,27?,28?,29-,30+,31?,32+,33?/m0/s1. The van der Waals surface area contributed by atoms with E-state index in [0.29, 0.717) is 31.0 Å². The molecule has 7 aliphatic rings. The van der Waals surface area contributed by atoms with Gasteiger partial charge in [-0.05, 0) is 67.9 Å². The molecule has 0 radical (unpaired) electrons. The van der Waals surface area contributed by atoms with Crippen molar-refractivity contribution < 1.29 is 42.0 Å². The molecule has 14 heteroatoms. The number of amides is 1. The number of sulfonamides is 1. The molecule has 268 valence electrons. The Balaban J connectivity index is 1.08. The summed E-state index contributed by atoms with van der Waals surface area (Å²) in [6, 6.07) is 6.97. The summed E-state index contributed by atoms with van der Waals surface area (Å²) < 4.78 is 58.9. The molecular formula is C35H48N4O9S. The van der Waals surface area contributed by atoms with Crippen molar-refractivity contribution in [1.82, 2.24) is 14.9 Å². The molecule has 3 aliphatic carbocycles. The molecule has 13 nitrogen and oxygen atoms in total. The van der Waals surface area contributed by atoms with Gasteiger partial charge in [0.1, 0.15) is 24.0 Å². The highest BCUT2D eigenvalue weighted by Gasteiger charge is 2.53. The number of alkyl carbamates (subject to hydrolysis) is 1. The third-order valence-electron chi connectivity index (χ3n) is 10.3. The maximum absolute atomic E-state index is 14.2. The van der Waals surface area contributed by atoms with Gasteiger partial charge < -0.3 is 39.4 Å². The Kier molecular flexibility index (Phi) is 9.95. The Hall–Kier alpha value is -3.17.